The molecule has 2 heterocycles. The average molecular weight is 325 g/mol. The van der Waals surface area contributed by atoms with E-state index in [9.17, 15) is 5.11 Å². The summed E-state index contributed by atoms with van der Waals surface area (Å²) in [5, 5.41) is 9.82. The third-order valence-corrected chi connectivity index (χ3v) is 3.83. The van der Waals surface area contributed by atoms with Gasteiger partial charge in [0.05, 0.1) is 19.3 Å². The van der Waals surface area contributed by atoms with Gasteiger partial charge < -0.3 is 28.8 Å². The number of methoxy groups -OCH3 is 1. The number of aliphatic hydroxyl groups is 1. The molecule has 0 amide bonds. The van der Waals surface area contributed by atoms with Crippen LogP contribution in [0.3, 0.4) is 0 Å². The molecule has 0 unspecified atom stereocenters. The first-order valence-electron chi connectivity index (χ1n) is 7.78. The summed E-state index contributed by atoms with van der Waals surface area (Å²) in [7, 11) is 1.59. The van der Waals surface area contributed by atoms with Crippen LogP contribution in [0.5, 0.6) is 17.2 Å². The molecule has 0 radical (unpaired) electrons. The van der Waals surface area contributed by atoms with Gasteiger partial charge in [-0.1, -0.05) is 0 Å². The summed E-state index contributed by atoms with van der Waals surface area (Å²) in [4.78, 5) is 2.17. The molecule has 2 aliphatic heterocycles. The van der Waals surface area contributed by atoms with Gasteiger partial charge in [0, 0.05) is 32.8 Å². The molecule has 7 heteroatoms. The van der Waals surface area contributed by atoms with Gasteiger partial charge in [0.25, 0.3) is 0 Å². The molecular weight excluding hydrogens is 302 g/mol. The van der Waals surface area contributed by atoms with Crippen LogP contribution >= 0.6 is 0 Å². The van der Waals surface area contributed by atoms with Gasteiger partial charge in [0.15, 0.2) is 11.5 Å². The van der Waals surface area contributed by atoms with E-state index in [4.69, 9.17) is 23.7 Å². The monoisotopic (exact) mass is 325 g/mol. The van der Waals surface area contributed by atoms with Crippen molar-refractivity contribution in [2.75, 3.05) is 53.4 Å². The molecule has 0 aromatic heterocycles. The van der Waals surface area contributed by atoms with Crippen LogP contribution in [0.2, 0.25) is 0 Å². The maximum Gasteiger partial charge on any atom is 0.231 e. The summed E-state index contributed by atoms with van der Waals surface area (Å²) in [5.74, 6) is 2.18. The van der Waals surface area contributed by atoms with E-state index in [1.165, 1.54) is 0 Å². The first kappa shape index (κ1) is 16.3. The number of ether oxygens (including phenoxy) is 5. The second-order valence-corrected chi connectivity index (χ2v) is 5.69. The first-order valence-corrected chi connectivity index (χ1v) is 7.78. The number of hydrogen-bond donors (Lipinski definition) is 1. The van der Waals surface area contributed by atoms with E-state index < -0.39 is 6.10 Å². The van der Waals surface area contributed by atoms with Crippen LogP contribution in [-0.4, -0.2) is 75.6 Å². The lowest BCUT2D eigenvalue weighted by Gasteiger charge is -2.33. The van der Waals surface area contributed by atoms with E-state index >= 15 is 0 Å². The highest BCUT2D eigenvalue weighted by molar-refractivity contribution is 5.46. The SMILES string of the molecule is COC[C@H](O)CN1CCO[C@@H](COc2ccc3c(c2)OCO3)C1. The number of aliphatic hydroxyl groups excluding tert-OH is 1. The molecule has 2 atom stereocenters. The molecule has 128 valence electrons. The molecule has 2 aliphatic rings. The smallest absolute Gasteiger partial charge is 0.231 e. The van der Waals surface area contributed by atoms with Gasteiger partial charge >= 0.3 is 0 Å². The molecular formula is C16H23NO6. The minimum absolute atomic E-state index is 0.0242. The summed E-state index contributed by atoms with van der Waals surface area (Å²) in [6.45, 7) is 3.80. The lowest BCUT2D eigenvalue weighted by atomic mass is 10.2. The summed E-state index contributed by atoms with van der Waals surface area (Å²) in [6.07, 6.45) is -0.502. The fraction of sp³-hybridized carbons (Fsp3) is 0.625. The molecule has 1 saturated heterocycles. The number of nitrogens with zero attached hydrogens (tertiary/aromatic N) is 1. The molecule has 23 heavy (non-hydrogen) atoms. The highest BCUT2D eigenvalue weighted by Crippen LogP contribution is 2.35. The molecule has 1 aromatic carbocycles. The van der Waals surface area contributed by atoms with E-state index in [0.717, 1.165) is 24.6 Å². The van der Waals surface area contributed by atoms with Crippen molar-refractivity contribution >= 4 is 0 Å². The zero-order valence-corrected chi connectivity index (χ0v) is 13.3. The van der Waals surface area contributed by atoms with Crippen LogP contribution in [0.25, 0.3) is 0 Å². The molecule has 1 N–H and O–H groups in total. The number of β-amino-alcohol motifs (C(OH)–C–C–N with tert-alkyl or cyclic N) is 1. The first-order chi connectivity index (χ1) is 11.2. The highest BCUT2D eigenvalue weighted by atomic mass is 16.7. The Morgan fingerprint density at radius 3 is 3.09 bits per heavy atom. The number of rotatable bonds is 7. The Morgan fingerprint density at radius 1 is 1.35 bits per heavy atom. The summed E-state index contributed by atoms with van der Waals surface area (Å²) in [5.41, 5.74) is 0. The third kappa shape index (κ3) is 4.48. The van der Waals surface area contributed by atoms with E-state index in [0.29, 0.717) is 32.1 Å². The molecule has 0 aliphatic carbocycles. The normalized spacial score (nSPS) is 22.1. The number of benzene rings is 1. The molecule has 1 aromatic rings. The van der Waals surface area contributed by atoms with Crippen molar-refractivity contribution in [2.45, 2.75) is 12.2 Å². The van der Waals surface area contributed by atoms with Crippen molar-refractivity contribution in [3.63, 3.8) is 0 Å². The quantitative estimate of drug-likeness (QED) is 0.783. The van der Waals surface area contributed by atoms with Crippen molar-refractivity contribution in [3.05, 3.63) is 18.2 Å². The maximum atomic E-state index is 9.82. The Bertz CT molecular complexity index is 511. The Kier molecular flexibility index (Phi) is 5.56. The van der Waals surface area contributed by atoms with Crippen LogP contribution < -0.4 is 14.2 Å². The molecule has 0 bridgehead atoms. The Morgan fingerprint density at radius 2 is 2.22 bits per heavy atom. The van der Waals surface area contributed by atoms with Crippen molar-refractivity contribution in [2.24, 2.45) is 0 Å². The molecule has 0 saturated carbocycles. The second-order valence-electron chi connectivity index (χ2n) is 5.69. The van der Waals surface area contributed by atoms with E-state index in [2.05, 4.69) is 4.90 Å². The van der Waals surface area contributed by atoms with Gasteiger partial charge in [-0.15, -0.1) is 0 Å². The predicted octanol–water partition coefficient (Wildman–Crippen LogP) is 0.502. The van der Waals surface area contributed by atoms with Gasteiger partial charge in [-0.05, 0) is 12.1 Å². The van der Waals surface area contributed by atoms with Gasteiger partial charge in [0.1, 0.15) is 18.5 Å². The fourth-order valence-corrected chi connectivity index (χ4v) is 2.75. The lowest BCUT2D eigenvalue weighted by Crippen LogP contribution is -2.48. The predicted molar refractivity (Wildman–Crippen MR) is 82.1 cm³/mol. The van der Waals surface area contributed by atoms with Gasteiger partial charge in [-0.3, -0.25) is 4.90 Å². The Labute approximate surface area is 135 Å². The van der Waals surface area contributed by atoms with Gasteiger partial charge in [0.2, 0.25) is 6.79 Å². The van der Waals surface area contributed by atoms with Crippen LogP contribution in [0.1, 0.15) is 0 Å². The fourth-order valence-electron chi connectivity index (χ4n) is 2.75. The lowest BCUT2D eigenvalue weighted by molar-refractivity contribution is -0.0626. The van der Waals surface area contributed by atoms with Crippen LogP contribution in [0.4, 0.5) is 0 Å². The topological polar surface area (TPSA) is 69.6 Å². The van der Waals surface area contributed by atoms with Crippen molar-refractivity contribution in [1.82, 2.24) is 4.90 Å². The maximum absolute atomic E-state index is 9.82. The molecule has 0 spiro atoms. The van der Waals surface area contributed by atoms with E-state index in [1.807, 2.05) is 18.2 Å². The van der Waals surface area contributed by atoms with Crippen LogP contribution in [0.15, 0.2) is 18.2 Å². The standard InChI is InChI=1S/C16H23NO6/c1-19-9-12(18)7-17-4-5-20-14(8-17)10-21-13-2-3-15-16(6-13)23-11-22-15/h2-3,6,12,14,18H,4-5,7-11H2,1H3/t12-,14-/m1/s1. The summed E-state index contributed by atoms with van der Waals surface area (Å²) < 4.78 is 27.1. The summed E-state index contributed by atoms with van der Waals surface area (Å²) in [6, 6.07) is 5.52. The van der Waals surface area contributed by atoms with Crippen molar-refractivity contribution < 1.29 is 28.8 Å². The van der Waals surface area contributed by atoms with Crippen molar-refractivity contribution in [3.8, 4) is 17.2 Å². The second kappa shape index (κ2) is 7.83. The number of fused-ring (bicyclic) bond motifs is 1. The van der Waals surface area contributed by atoms with E-state index in [1.54, 1.807) is 7.11 Å². The zero-order valence-electron chi connectivity index (χ0n) is 13.3. The largest absolute Gasteiger partial charge is 0.491 e. The van der Waals surface area contributed by atoms with Crippen molar-refractivity contribution in [1.29, 1.82) is 0 Å². The minimum atomic E-state index is -0.478. The Hall–Kier alpha value is -1.54. The average Bonchev–Trinajstić information content (AvgIpc) is 3.01. The van der Waals surface area contributed by atoms with Gasteiger partial charge in [-0.2, -0.15) is 0 Å². The van der Waals surface area contributed by atoms with Crippen LogP contribution in [-0.2, 0) is 9.47 Å². The molecule has 1 fully saturated rings. The molecule has 3 rings (SSSR count). The van der Waals surface area contributed by atoms with E-state index in [-0.39, 0.29) is 12.9 Å². The van der Waals surface area contributed by atoms with Gasteiger partial charge in [-0.25, -0.2) is 0 Å². The highest BCUT2D eigenvalue weighted by Gasteiger charge is 2.23. The number of hydrogen-bond acceptors (Lipinski definition) is 7. The third-order valence-electron chi connectivity index (χ3n) is 3.83. The Balaban J connectivity index is 1.46. The van der Waals surface area contributed by atoms with Crippen LogP contribution in [0, 0.1) is 0 Å². The summed E-state index contributed by atoms with van der Waals surface area (Å²) >= 11 is 0. The minimum Gasteiger partial charge on any atom is -0.491 e. The molecule has 7 nitrogen and oxygen atoms in total. The number of morpholine rings is 1. The zero-order chi connectivity index (χ0) is 16.1.